The highest BCUT2D eigenvalue weighted by Gasteiger charge is 2.10. The van der Waals surface area contributed by atoms with Gasteiger partial charge in [0.2, 0.25) is 0 Å². The van der Waals surface area contributed by atoms with Crippen LogP contribution in [0.2, 0.25) is 5.15 Å². The summed E-state index contributed by atoms with van der Waals surface area (Å²) in [6.45, 7) is 4.18. The van der Waals surface area contributed by atoms with Crippen molar-refractivity contribution in [2.75, 3.05) is 0 Å². The van der Waals surface area contributed by atoms with Gasteiger partial charge in [-0.3, -0.25) is 0 Å². The molecule has 0 bridgehead atoms. The Balaban J connectivity index is 2.36. The molecule has 1 aromatic carbocycles. The van der Waals surface area contributed by atoms with Crippen LogP contribution in [0.3, 0.4) is 0 Å². The Hall–Kier alpha value is -0.680. The zero-order valence-corrected chi connectivity index (χ0v) is 13.3. The van der Waals surface area contributed by atoms with Crippen LogP contribution in [0.25, 0.3) is 0 Å². The van der Waals surface area contributed by atoms with Crippen LogP contribution < -0.4 is 0 Å². The van der Waals surface area contributed by atoms with Crippen LogP contribution in [0.4, 0.5) is 0 Å². The van der Waals surface area contributed by atoms with Gasteiger partial charge in [0, 0.05) is 6.42 Å². The second-order valence-electron chi connectivity index (χ2n) is 4.15. The van der Waals surface area contributed by atoms with Crippen LogP contribution in [0.15, 0.2) is 24.3 Å². The molecule has 0 saturated heterocycles. The predicted octanol–water partition coefficient (Wildman–Crippen LogP) is 4.20. The second kappa shape index (κ2) is 5.97. The fraction of sp³-hybridized carbons (Fsp3) is 0.286. The van der Waals surface area contributed by atoms with E-state index in [4.69, 9.17) is 11.6 Å². The highest BCUT2D eigenvalue weighted by atomic mass is 127. The molecule has 0 atom stereocenters. The van der Waals surface area contributed by atoms with Gasteiger partial charge in [0.1, 0.15) is 11.0 Å². The van der Waals surface area contributed by atoms with Crippen molar-refractivity contribution in [2.45, 2.75) is 26.7 Å². The van der Waals surface area contributed by atoms with Crippen molar-refractivity contribution in [2.24, 2.45) is 0 Å². The van der Waals surface area contributed by atoms with E-state index in [-0.39, 0.29) is 0 Å². The smallest absolute Gasteiger partial charge is 0.146 e. The Morgan fingerprint density at radius 1 is 1.22 bits per heavy atom. The van der Waals surface area contributed by atoms with E-state index in [2.05, 4.69) is 58.5 Å². The van der Waals surface area contributed by atoms with Crippen LogP contribution in [0, 0.1) is 10.5 Å². The summed E-state index contributed by atoms with van der Waals surface area (Å²) in [5.74, 6) is 0.798. The largest absolute Gasteiger partial charge is 0.236 e. The highest BCUT2D eigenvalue weighted by molar-refractivity contribution is 14.1. The van der Waals surface area contributed by atoms with Gasteiger partial charge in [-0.1, -0.05) is 42.8 Å². The van der Waals surface area contributed by atoms with E-state index < -0.39 is 0 Å². The topological polar surface area (TPSA) is 25.8 Å². The quantitative estimate of drug-likeness (QED) is 0.596. The first-order valence-corrected chi connectivity index (χ1v) is 7.32. The minimum atomic E-state index is 0.561. The number of nitrogens with zero attached hydrogens (tertiary/aromatic N) is 2. The molecule has 0 aliphatic carbocycles. The molecule has 0 radical (unpaired) electrons. The summed E-state index contributed by atoms with van der Waals surface area (Å²) < 4.78 is 0.963. The summed E-state index contributed by atoms with van der Waals surface area (Å²) in [4.78, 5) is 8.95. The Labute approximate surface area is 126 Å². The Morgan fingerprint density at radius 3 is 2.61 bits per heavy atom. The predicted molar refractivity (Wildman–Crippen MR) is 83.1 cm³/mol. The first-order valence-electron chi connectivity index (χ1n) is 5.87. The van der Waals surface area contributed by atoms with Crippen LogP contribution in [0.5, 0.6) is 0 Å². The SMILES string of the molecule is CCc1nc(Cc2ccccc2C)nc(Cl)c1I. The molecule has 0 unspecified atom stereocenters. The van der Waals surface area contributed by atoms with Crippen molar-refractivity contribution in [1.29, 1.82) is 0 Å². The minimum absolute atomic E-state index is 0.561. The number of aromatic nitrogens is 2. The van der Waals surface area contributed by atoms with Crippen molar-refractivity contribution < 1.29 is 0 Å². The van der Waals surface area contributed by atoms with E-state index in [1.165, 1.54) is 11.1 Å². The average Bonchev–Trinajstić information content (AvgIpc) is 2.36. The summed E-state index contributed by atoms with van der Waals surface area (Å²) in [5.41, 5.74) is 3.53. The first kappa shape index (κ1) is 13.7. The first-order chi connectivity index (χ1) is 8.61. The lowest BCUT2D eigenvalue weighted by atomic mass is 10.1. The molecule has 0 aliphatic rings. The van der Waals surface area contributed by atoms with Gasteiger partial charge in [-0.15, -0.1) is 0 Å². The molecule has 2 aromatic rings. The third-order valence-corrected chi connectivity index (χ3v) is 4.60. The van der Waals surface area contributed by atoms with Crippen LogP contribution in [0.1, 0.15) is 29.6 Å². The molecule has 2 rings (SSSR count). The molecule has 1 heterocycles. The summed E-state index contributed by atoms with van der Waals surface area (Å²) in [7, 11) is 0. The third kappa shape index (κ3) is 3.01. The molecule has 0 spiro atoms. The zero-order valence-electron chi connectivity index (χ0n) is 10.4. The molecule has 0 saturated carbocycles. The lowest BCUT2D eigenvalue weighted by Gasteiger charge is -2.08. The number of hydrogen-bond acceptors (Lipinski definition) is 2. The number of benzene rings is 1. The molecule has 0 aliphatic heterocycles. The Kier molecular flexibility index (Phi) is 4.56. The molecule has 1 aromatic heterocycles. The molecular weight excluding hydrogens is 359 g/mol. The monoisotopic (exact) mass is 372 g/mol. The van der Waals surface area contributed by atoms with Gasteiger partial charge in [0.15, 0.2) is 0 Å². The summed E-state index contributed by atoms with van der Waals surface area (Å²) in [6, 6.07) is 8.29. The molecular formula is C14H14ClIN2. The van der Waals surface area contributed by atoms with Gasteiger partial charge in [-0.2, -0.15) is 0 Å². The number of halogens is 2. The number of aryl methyl sites for hydroxylation is 2. The molecule has 18 heavy (non-hydrogen) atoms. The fourth-order valence-corrected chi connectivity index (χ4v) is 2.63. The summed E-state index contributed by atoms with van der Waals surface area (Å²) in [5, 5.41) is 0.561. The molecule has 2 nitrogen and oxygen atoms in total. The normalized spacial score (nSPS) is 10.7. The van der Waals surface area contributed by atoms with Crippen molar-refractivity contribution in [3.63, 3.8) is 0 Å². The molecule has 0 N–H and O–H groups in total. The van der Waals surface area contributed by atoms with Crippen LogP contribution >= 0.6 is 34.2 Å². The summed E-state index contributed by atoms with van der Waals surface area (Å²) in [6.07, 6.45) is 1.61. The van der Waals surface area contributed by atoms with Crippen molar-refractivity contribution in [1.82, 2.24) is 9.97 Å². The van der Waals surface area contributed by atoms with E-state index in [9.17, 15) is 0 Å². The van der Waals surface area contributed by atoms with Crippen molar-refractivity contribution >= 4 is 34.2 Å². The maximum Gasteiger partial charge on any atom is 0.146 e. The molecule has 0 fully saturated rings. The van der Waals surface area contributed by atoms with Crippen molar-refractivity contribution in [3.05, 3.63) is 55.6 Å². The highest BCUT2D eigenvalue weighted by Crippen LogP contribution is 2.21. The maximum atomic E-state index is 6.15. The van der Waals surface area contributed by atoms with E-state index in [1.54, 1.807) is 0 Å². The van der Waals surface area contributed by atoms with Gasteiger partial charge in [-0.25, -0.2) is 9.97 Å². The van der Waals surface area contributed by atoms with Gasteiger partial charge in [0.05, 0.1) is 9.26 Å². The van der Waals surface area contributed by atoms with Gasteiger partial charge < -0.3 is 0 Å². The van der Waals surface area contributed by atoms with Gasteiger partial charge in [0.25, 0.3) is 0 Å². The average molecular weight is 373 g/mol. The van der Waals surface area contributed by atoms with E-state index in [1.807, 2.05) is 12.1 Å². The maximum absolute atomic E-state index is 6.15. The molecule has 94 valence electrons. The molecule has 4 heteroatoms. The van der Waals surface area contributed by atoms with E-state index >= 15 is 0 Å². The van der Waals surface area contributed by atoms with Crippen molar-refractivity contribution in [3.8, 4) is 0 Å². The fourth-order valence-electron chi connectivity index (χ4n) is 1.80. The number of hydrogen-bond donors (Lipinski definition) is 0. The Morgan fingerprint density at radius 2 is 1.94 bits per heavy atom. The number of rotatable bonds is 3. The van der Waals surface area contributed by atoms with Gasteiger partial charge in [-0.05, 0) is 47.1 Å². The third-order valence-electron chi connectivity index (χ3n) is 2.87. The molecule has 0 amide bonds. The second-order valence-corrected chi connectivity index (χ2v) is 5.58. The lowest BCUT2D eigenvalue weighted by Crippen LogP contribution is -2.04. The van der Waals surface area contributed by atoms with E-state index in [0.29, 0.717) is 5.15 Å². The zero-order chi connectivity index (χ0) is 13.1. The Bertz CT molecular complexity index is 570. The van der Waals surface area contributed by atoms with E-state index in [0.717, 1.165) is 27.9 Å². The van der Waals surface area contributed by atoms with Crippen LogP contribution in [-0.4, -0.2) is 9.97 Å². The lowest BCUT2D eigenvalue weighted by molar-refractivity contribution is 0.892. The van der Waals surface area contributed by atoms with Gasteiger partial charge >= 0.3 is 0 Å². The summed E-state index contributed by atoms with van der Waals surface area (Å²) >= 11 is 8.35. The standard InChI is InChI=1S/C14H14ClIN2/c1-3-11-13(16)14(15)18-12(17-11)8-10-7-5-4-6-9(10)2/h4-7H,3,8H2,1-2H3. The minimum Gasteiger partial charge on any atom is -0.236 e. The van der Waals surface area contributed by atoms with Crippen LogP contribution in [-0.2, 0) is 12.8 Å².